The Labute approximate surface area is 159 Å². The molecule has 2 atom stereocenters. The molecular weight excluding hydrogens is 380 g/mol. The number of carbonyl (C=O) groups excluding carboxylic acids is 2. The molecule has 0 radical (unpaired) electrons. The first-order valence-corrected chi connectivity index (χ1v) is 8.59. The maximum atomic E-state index is 13.2. The number of nitrogens with one attached hydrogen (secondary N) is 1. The van der Waals surface area contributed by atoms with Crippen LogP contribution in [0.15, 0.2) is 36.4 Å². The molecule has 1 aliphatic rings. The molecular formula is C19H16ClF2NO4. The minimum atomic E-state index is -1.12. The molecule has 2 aromatic rings. The monoisotopic (exact) mass is 395 g/mol. The third kappa shape index (κ3) is 4.54. The molecule has 5 nitrogen and oxygen atoms in total. The van der Waals surface area contributed by atoms with Gasteiger partial charge in [-0.2, -0.15) is 0 Å². The molecule has 8 heteroatoms. The quantitative estimate of drug-likeness (QED) is 0.801. The van der Waals surface area contributed by atoms with Crippen molar-refractivity contribution in [2.45, 2.75) is 19.4 Å². The average Bonchev–Trinajstić information content (AvgIpc) is 2.64. The first-order chi connectivity index (χ1) is 12.8. The van der Waals surface area contributed by atoms with Gasteiger partial charge in [0.15, 0.2) is 17.7 Å². The number of esters is 1. The van der Waals surface area contributed by atoms with E-state index in [1.807, 2.05) is 0 Å². The zero-order valence-electron chi connectivity index (χ0n) is 14.3. The summed E-state index contributed by atoms with van der Waals surface area (Å²) in [5.41, 5.74) is 0.848. The van der Waals surface area contributed by atoms with E-state index in [1.54, 1.807) is 18.2 Å². The second-order valence-corrected chi connectivity index (χ2v) is 6.60. The van der Waals surface area contributed by atoms with Crippen molar-refractivity contribution in [1.82, 2.24) is 0 Å². The van der Waals surface area contributed by atoms with Crippen molar-refractivity contribution in [2.75, 3.05) is 11.9 Å². The van der Waals surface area contributed by atoms with Crippen LogP contribution in [-0.2, 0) is 20.7 Å². The van der Waals surface area contributed by atoms with Gasteiger partial charge in [0.2, 0.25) is 0 Å². The second kappa shape index (κ2) is 7.92. The highest BCUT2D eigenvalue weighted by molar-refractivity contribution is 6.30. The Morgan fingerprint density at radius 1 is 1.22 bits per heavy atom. The molecule has 0 saturated carbocycles. The molecule has 0 bridgehead atoms. The van der Waals surface area contributed by atoms with E-state index < -0.39 is 35.5 Å². The fraction of sp³-hybridized carbons (Fsp3) is 0.263. The smallest absolute Gasteiger partial charge is 0.313 e. The molecule has 0 aromatic heterocycles. The van der Waals surface area contributed by atoms with Gasteiger partial charge < -0.3 is 14.8 Å². The number of ether oxygens (including phenoxy) is 2. The van der Waals surface area contributed by atoms with Crippen LogP contribution in [0.1, 0.15) is 12.5 Å². The van der Waals surface area contributed by atoms with E-state index >= 15 is 0 Å². The van der Waals surface area contributed by atoms with Gasteiger partial charge in [-0.3, -0.25) is 9.59 Å². The van der Waals surface area contributed by atoms with Crippen LogP contribution in [0.3, 0.4) is 0 Å². The molecule has 3 rings (SSSR count). The van der Waals surface area contributed by atoms with Crippen molar-refractivity contribution in [1.29, 1.82) is 0 Å². The molecule has 0 saturated heterocycles. The summed E-state index contributed by atoms with van der Waals surface area (Å²) in [6.07, 6.45) is -0.738. The number of fused-ring (bicyclic) bond motifs is 1. The standard InChI is InChI=1S/C19H16ClF2NO4/c1-10(18(24)23-14-3-4-15(21)16(22)8-14)27-19(25)12-6-11-7-13(20)2-5-17(11)26-9-12/h2-5,7-8,10,12H,6,9H2,1H3,(H,23,24)/t10-,12-/m1/s1. The molecule has 27 heavy (non-hydrogen) atoms. The minimum Gasteiger partial charge on any atom is -0.492 e. The molecule has 2 aromatic carbocycles. The number of benzene rings is 2. The molecule has 1 heterocycles. The molecule has 1 amide bonds. The molecule has 1 N–H and O–H groups in total. The number of rotatable bonds is 4. The SMILES string of the molecule is C[C@@H](OC(=O)[C@H]1COc2ccc(Cl)cc2C1)C(=O)Nc1ccc(F)c(F)c1. The lowest BCUT2D eigenvalue weighted by atomic mass is 9.97. The highest BCUT2D eigenvalue weighted by Gasteiger charge is 2.30. The Kier molecular flexibility index (Phi) is 5.60. The lowest BCUT2D eigenvalue weighted by Crippen LogP contribution is -2.36. The number of carbonyl (C=O) groups is 2. The van der Waals surface area contributed by atoms with E-state index in [-0.39, 0.29) is 12.3 Å². The fourth-order valence-electron chi connectivity index (χ4n) is 2.66. The van der Waals surface area contributed by atoms with Crippen molar-refractivity contribution < 1.29 is 27.8 Å². The Morgan fingerprint density at radius 2 is 2.00 bits per heavy atom. The van der Waals surface area contributed by atoms with Gasteiger partial charge in [0.05, 0.1) is 5.92 Å². The largest absolute Gasteiger partial charge is 0.492 e. The number of amides is 1. The van der Waals surface area contributed by atoms with E-state index in [1.165, 1.54) is 13.0 Å². The number of halogens is 3. The van der Waals surface area contributed by atoms with E-state index in [0.29, 0.717) is 17.2 Å². The van der Waals surface area contributed by atoms with Crippen LogP contribution in [0.4, 0.5) is 14.5 Å². The highest BCUT2D eigenvalue weighted by Crippen LogP contribution is 2.30. The first kappa shape index (κ1) is 19.1. The Hall–Kier alpha value is -2.67. The number of hydrogen-bond donors (Lipinski definition) is 1. The fourth-order valence-corrected chi connectivity index (χ4v) is 2.85. The van der Waals surface area contributed by atoms with Crippen molar-refractivity contribution in [2.24, 2.45) is 5.92 Å². The van der Waals surface area contributed by atoms with Gasteiger partial charge in [0.25, 0.3) is 5.91 Å². The molecule has 0 fully saturated rings. The molecule has 1 aliphatic heterocycles. The van der Waals surface area contributed by atoms with Gasteiger partial charge >= 0.3 is 5.97 Å². The van der Waals surface area contributed by atoms with Crippen molar-refractivity contribution in [3.8, 4) is 5.75 Å². The Morgan fingerprint density at radius 3 is 2.74 bits per heavy atom. The summed E-state index contributed by atoms with van der Waals surface area (Å²) >= 11 is 5.95. The predicted octanol–water partition coefficient (Wildman–Crippen LogP) is 3.74. The van der Waals surface area contributed by atoms with Crippen LogP contribution in [0.5, 0.6) is 5.75 Å². The topological polar surface area (TPSA) is 64.6 Å². The van der Waals surface area contributed by atoms with Gasteiger partial charge in [-0.25, -0.2) is 8.78 Å². The van der Waals surface area contributed by atoms with Gasteiger partial charge in [-0.15, -0.1) is 0 Å². The summed E-state index contributed by atoms with van der Waals surface area (Å²) in [5.74, 6) is -3.27. The van der Waals surface area contributed by atoms with E-state index in [2.05, 4.69) is 5.32 Å². The van der Waals surface area contributed by atoms with Gasteiger partial charge in [0, 0.05) is 16.8 Å². The summed E-state index contributed by atoms with van der Waals surface area (Å²) in [6.45, 7) is 1.52. The number of hydrogen-bond acceptors (Lipinski definition) is 4. The molecule has 142 valence electrons. The van der Waals surface area contributed by atoms with E-state index in [9.17, 15) is 18.4 Å². The zero-order valence-corrected chi connectivity index (χ0v) is 15.1. The number of anilines is 1. The van der Waals surface area contributed by atoms with Crippen LogP contribution < -0.4 is 10.1 Å². The van der Waals surface area contributed by atoms with Gasteiger partial charge in [-0.05, 0) is 49.2 Å². The van der Waals surface area contributed by atoms with E-state index in [4.69, 9.17) is 21.1 Å². The molecule has 0 unspecified atom stereocenters. The average molecular weight is 396 g/mol. The molecule has 0 aliphatic carbocycles. The van der Waals surface area contributed by atoms with Gasteiger partial charge in [-0.1, -0.05) is 11.6 Å². The highest BCUT2D eigenvalue weighted by atomic mass is 35.5. The van der Waals surface area contributed by atoms with Gasteiger partial charge in [0.1, 0.15) is 12.4 Å². The maximum absolute atomic E-state index is 13.2. The Balaban J connectivity index is 1.58. The third-order valence-corrected chi connectivity index (χ3v) is 4.35. The predicted molar refractivity (Wildman–Crippen MR) is 94.7 cm³/mol. The van der Waals surface area contributed by atoms with Crippen molar-refractivity contribution in [3.05, 3.63) is 58.6 Å². The van der Waals surface area contributed by atoms with Crippen LogP contribution in [-0.4, -0.2) is 24.6 Å². The van der Waals surface area contributed by atoms with E-state index in [0.717, 1.165) is 17.7 Å². The van der Waals surface area contributed by atoms with Crippen LogP contribution in [0, 0.1) is 17.6 Å². The van der Waals surface area contributed by atoms with Crippen LogP contribution in [0.2, 0.25) is 5.02 Å². The summed E-state index contributed by atoms with van der Waals surface area (Å²) in [4.78, 5) is 24.5. The Bertz CT molecular complexity index is 890. The maximum Gasteiger partial charge on any atom is 0.313 e. The third-order valence-electron chi connectivity index (χ3n) is 4.11. The van der Waals surface area contributed by atoms with Crippen LogP contribution >= 0.6 is 11.6 Å². The van der Waals surface area contributed by atoms with Crippen LogP contribution in [0.25, 0.3) is 0 Å². The second-order valence-electron chi connectivity index (χ2n) is 6.16. The summed E-state index contributed by atoms with van der Waals surface area (Å²) in [6, 6.07) is 8.10. The summed E-state index contributed by atoms with van der Waals surface area (Å²) in [7, 11) is 0. The normalized spacial score (nSPS) is 16.7. The van der Waals surface area contributed by atoms with Crippen molar-refractivity contribution in [3.63, 3.8) is 0 Å². The van der Waals surface area contributed by atoms with Crippen molar-refractivity contribution >= 4 is 29.2 Å². The lowest BCUT2D eigenvalue weighted by molar-refractivity contribution is -0.158. The summed E-state index contributed by atoms with van der Waals surface area (Å²) in [5, 5.41) is 2.90. The first-order valence-electron chi connectivity index (χ1n) is 8.21. The summed E-state index contributed by atoms with van der Waals surface area (Å²) < 4.78 is 36.9. The minimum absolute atomic E-state index is 0.0615. The molecule has 0 spiro atoms. The zero-order chi connectivity index (χ0) is 19.6. The lowest BCUT2D eigenvalue weighted by Gasteiger charge is -2.25.